The van der Waals surface area contributed by atoms with Crippen LogP contribution in [0.1, 0.15) is 0 Å². The largest absolute Gasteiger partial charge is 0.326 e. The summed E-state index contributed by atoms with van der Waals surface area (Å²) in [5.41, 5.74) is 0. The van der Waals surface area contributed by atoms with E-state index in [1.54, 1.807) is 10.6 Å². The molecule has 1 saturated heterocycles. The third-order valence-electron chi connectivity index (χ3n) is 1.44. The lowest BCUT2D eigenvalue weighted by atomic mass is 10.3. The molecule has 1 heterocycles. The van der Waals surface area contributed by atoms with Crippen LogP contribution in [0.15, 0.2) is 4.99 Å². The van der Waals surface area contributed by atoms with E-state index >= 15 is 0 Å². The Morgan fingerprint density at radius 3 is 2.07 bits per heavy atom. The first-order valence-electron chi connectivity index (χ1n) is 3.65. The van der Waals surface area contributed by atoms with Gasteiger partial charge in [-0.15, -0.1) is 0 Å². The highest BCUT2D eigenvalue weighted by molar-refractivity contribution is 6.45. The maximum atomic E-state index is 12.3. The molecule has 0 spiro atoms. The SMILES string of the molecule is O=C1NC(=NCC(F)(F)C(F)F)NC1=O. The number of hydrogen-bond acceptors (Lipinski definition) is 3. The van der Waals surface area contributed by atoms with Crippen LogP contribution in [0.2, 0.25) is 0 Å². The summed E-state index contributed by atoms with van der Waals surface area (Å²) >= 11 is 0. The molecule has 15 heavy (non-hydrogen) atoms. The molecule has 0 aliphatic carbocycles. The first-order chi connectivity index (χ1) is 6.83. The Kier molecular flexibility index (Phi) is 2.91. The molecule has 0 unspecified atom stereocenters. The van der Waals surface area contributed by atoms with Crippen molar-refractivity contribution in [2.75, 3.05) is 6.54 Å². The zero-order valence-corrected chi connectivity index (χ0v) is 7.06. The second-order valence-electron chi connectivity index (χ2n) is 2.63. The van der Waals surface area contributed by atoms with Crippen molar-refractivity contribution in [2.24, 2.45) is 4.99 Å². The number of aliphatic imine (C=N–C) groups is 1. The number of nitrogens with zero attached hydrogens (tertiary/aromatic N) is 1. The van der Waals surface area contributed by atoms with Gasteiger partial charge in [-0.2, -0.15) is 8.78 Å². The van der Waals surface area contributed by atoms with Crippen molar-refractivity contribution in [3.63, 3.8) is 0 Å². The van der Waals surface area contributed by atoms with Gasteiger partial charge in [-0.1, -0.05) is 0 Å². The number of carbonyl (C=O) groups is 2. The van der Waals surface area contributed by atoms with Crippen molar-refractivity contribution in [3.05, 3.63) is 0 Å². The van der Waals surface area contributed by atoms with Gasteiger partial charge in [-0.3, -0.25) is 20.2 Å². The Balaban J connectivity index is 2.60. The fourth-order valence-corrected chi connectivity index (χ4v) is 0.692. The van der Waals surface area contributed by atoms with Crippen LogP contribution in [0.25, 0.3) is 0 Å². The average molecular weight is 227 g/mol. The molecule has 0 aromatic heterocycles. The number of amides is 2. The molecule has 0 atom stereocenters. The van der Waals surface area contributed by atoms with Crippen LogP contribution in [-0.4, -0.2) is 36.7 Å². The monoisotopic (exact) mass is 227 g/mol. The fraction of sp³-hybridized carbons (Fsp3) is 0.500. The van der Waals surface area contributed by atoms with E-state index in [-0.39, 0.29) is 0 Å². The van der Waals surface area contributed by atoms with E-state index in [0.717, 1.165) is 0 Å². The Bertz CT molecular complexity index is 310. The van der Waals surface area contributed by atoms with Gasteiger partial charge in [0.2, 0.25) is 5.96 Å². The lowest BCUT2D eigenvalue weighted by Crippen LogP contribution is -2.33. The highest BCUT2D eigenvalue weighted by Crippen LogP contribution is 2.22. The van der Waals surface area contributed by atoms with E-state index in [0.29, 0.717) is 0 Å². The van der Waals surface area contributed by atoms with Gasteiger partial charge in [-0.05, 0) is 0 Å². The minimum atomic E-state index is -4.29. The third-order valence-corrected chi connectivity index (χ3v) is 1.44. The van der Waals surface area contributed by atoms with Crippen molar-refractivity contribution in [3.8, 4) is 0 Å². The molecule has 1 rings (SSSR count). The van der Waals surface area contributed by atoms with Gasteiger partial charge in [-0.25, -0.2) is 13.8 Å². The number of carbonyl (C=O) groups excluding carboxylic acids is 2. The number of guanidine groups is 1. The predicted molar refractivity (Wildman–Crippen MR) is 39.5 cm³/mol. The smallest absolute Gasteiger partial charge is 0.288 e. The maximum absolute atomic E-state index is 12.3. The maximum Gasteiger partial charge on any atom is 0.326 e. The van der Waals surface area contributed by atoms with Crippen LogP contribution in [0, 0.1) is 0 Å². The zero-order chi connectivity index (χ0) is 11.6. The van der Waals surface area contributed by atoms with E-state index in [1.807, 2.05) is 0 Å². The van der Waals surface area contributed by atoms with E-state index in [4.69, 9.17) is 0 Å². The Labute approximate surface area is 80.5 Å². The molecule has 84 valence electrons. The molecule has 0 bridgehead atoms. The van der Waals surface area contributed by atoms with Gasteiger partial charge in [0, 0.05) is 0 Å². The summed E-state index contributed by atoms with van der Waals surface area (Å²) in [5.74, 6) is -6.99. The van der Waals surface area contributed by atoms with Gasteiger partial charge >= 0.3 is 24.2 Å². The lowest BCUT2D eigenvalue weighted by Gasteiger charge is -2.11. The first kappa shape index (κ1) is 11.4. The summed E-state index contributed by atoms with van der Waals surface area (Å²) in [6.45, 7) is -1.51. The van der Waals surface area contributed by atoms with Gasteiger partial charge < -0.3 is 0 Å². The summed E-state index contributed by atoms with van der Waals surface area (Å²) in [4.78, 5) is 23.9. The summed E-state index contributed by atoms with van der Waals surface area (Å²) < 4.78 is 47.9. The minimum Gasteiger partial charge on any atom is -0.288 e. The third kappa shape index (κ3) is 2.64. The van der Waals surface area contributed by atoms with E-state index in [2.05, 4.69) is 4.99 Å². The highest BCUT2D eigenvalue weighted by atomic mass is 19.3. The first-order valence-corrected chi connectivity index (χ1v) is 3.65. The number of rotatable bonds is 3. The molecular weight excluding hydrogens is 222 g/mol. The standard InChI is InChI=1S/C6H5F4N3O2/c7-4(8)6(9,10)1-11-5-12-2(14)3(15)13-5/h4H,1H2,(H2,11,12,13,14,15). The van der Waals surface area contributed by atoms with E-state index < -0.39 is 36.7 Å². The fourth-order valence-electron chi connectivity index (χ4n) is 0.692. The van der Waals surface area contributed by atoms with Gasteiger partial charge in [0.1, 0.15) is 6.54 Å². The molecule has 2 N–H and O–H groups in total. The van der Waals surface area contributed by atoms with Crippen LogP contribution < -0.4 is 10.6 Å². The van der Waals surface area contributed by atoms with Crippen LogP contribution in [-0.2, 0) is 9.59 Å². The quantitative estimate of drug-likeness (QED) is 0.503. The van der Waals surface area contributed by atoms with Crippen molar-refractivity contribution in [1.82, 2.24) is 10.6 Å². The molecule has 1 fully saturated rings. The van der Waals surface area contributed by atoms with Crippen LogP contribution in [0.5, 0.6) is 0 Å². The van der Waals surface area contributed by atoms with Gasteiger partial charge in [0.25, 0.3) is 0 Å². The average Bonchev–Trinajstić information content (AvgIpc) is 2.43. The van der Waals surface area contributed by atoms with Crippen molar-refractivity contribution >= 4 is 17.8 Å². The summed E-state index contributed by atoms with van der Waals surface area (Å²) in [5, 5.41) is 3.57. The molecule has 1 aliphatic heterocycles. The summed E-state index contributed by atoms with van der Waals surface area (Å²) in [6, 6.07) is 0. The molecule has 0 aromatic carbocycles. The molecule has 1 aliphatic rings. The lowest BCUT2D eigenvalue weighted by molar-refractivity contribution is -0.135. The summed E-state index contributed by atoms with van der Waals surface area (Å²) in [7, 11) is 0. The molecule has 2 amide bonds. The minimum absolute atomic E-state index is 0.551. The topological polar surface area (TPSA) is 70.6 Å². The number of alkyl halides is 4. The highest BCUT2D eigenvalue weighted by Gasteiger charge is 2.41. The van der Waals surface area contributed by atoms with Gasteiger partial charge in [0.15, 0.2) is 0 Å². The molecule has 0 aromatic rings. The Morgan fingerprint density at radius 2 is 1.67 bits per heavy atom. The van der Waals surface area contributed by atoms with Crippen molar-refractivity contribution in [2.45, 2.75) is 12.3 Å². The summed E-state index contributed by atoms with van der Waals surface area (Å²) in [6.07, 6.45) is -3.85. The Morgan fingerprint density at radius 1 is 1.20 bits per heavy atom. The van der Waals surface area contributed by atoms with Crippen molar-refractivity contribution in [1.29, 1.82) is 0 Å². The van der Waals surface area contributed by atoms with E-state index in [9.17, 15) is 27.2 Å². The Hall–Kier alpha value is -1.67. The molecule has 0 saturated carbocycles. The van der Waals surface area contributed by atoms with Crippen LogP contribution >= 0.6 is 0 Å². The second-order valence-corrected chi connectivity index (χ2v) is 2.63. The second kappa shape index (κ2) is 3.83. The number of nitrogens with one attached hydrogen (secondary N) is 2. The predicted octanol–water partition coefficient (Wildman–Crippen LogP) is -0.511. The van der Waals surface area contributed by atoms with Gasteiger partial charge in [0.05, 0.1) is 0 Å². The molecule has 9 heteroatoms. The van der Waals surface area contributed by atoms with Crippen molar-refractivity contribution < 1.29 is 27.2 Å². The number of hydrogen-bond donors (Lipinski definition) is 2. The van der Waals surface area contributed by atoms with Crippen LogP contribution in [0.3, 0.4) is 0 Å². The molecular formula is C6H5F4N3O2. The normalized spacial score (nSPS) is 16.7. The molecule has 0 radical (unpaired) electrons. The zero-order valence-electron chi connectivity index (χ0n) is 7.06. The molecule has 5 nitrogen and oxygen atoms in total. The van der Waals surface area contributed by atoms with Crippen LogP contribution in [0.4, 0.5) is 17.6 Å². The van der Waals surface area contributed by atoms with E-state index in [1.165, 1.54) is 0 Å². The number of halogens is 4.